The first-order chi connectivity index (χ1) is 15.6. The highest BCUT2D eigenvalue weighted by atomic mass is 19.1. The normalized spacial score (nSPS) is 16.7. The summed E-state index contributed by atoms with van der Waals surface area (Å²) in [6.45, 7) is 4.96. The molecule has 0 N–H and O–H groups in total. The number of carbonyl (C=O) groups is 2. The van der Waals surface area contributed by atoms with Crippen LogP contribution < -0.4 is 0 Å². The average molecular weight is 444 g/mol. The summed E-state index contributed by atoms with van der Waals surface area (Å²) < 4.78 is 24.2. The van der Waals surface area contributed by atoms with Crippen molar-refractivity contribution in [3.63, 3.8) is 0 Å². The van der Waals surface area contributed by atoms with Gasteiger partial charge in [-0.05, 0) is 42.7 Å². The molecule has 2 fully saturated rings. The van der Waals surface area contributed by atoms with Crippen LogP contribution in [0.3, 0.4) is 0 Å². The van der Waals surface area contributed by atoms with Crippen LogP contribution in [0.4, 0.5) is 4.39 Å². The fraction of sp³-hybridized carbons (Fsp3) is 0.500. The zero-order chi connectivity index (χ0) is 22.3. The van der Waals surface area contributed by atoms with Gasteiger partial charge >= 0.3 is 0 Å². The lowest BCUT2D eigenvalue weighted by atomic mass is 10.2. The minimum absolute atomic E-state index is 0.0293. The third-order valence-corrected chi connectivity index (χ3v) is 5.92. The quantitative estimate of drug-likeness (QED) is 0.565. The molecule has 8 heteroatoms. The van der Waals surface area contributed by atoms with Crippen LogP contribution in [0, 0.1) is 11.7 Å². The van der Waals surface area contributed by atoms with E-state index in [1.165, 1.54) is 12.1 Å². The molecular weight excluding hydrogens is 413 g/mol. The van der Waals surface area contributed by atoms with Gasteiger partial charge in [0.25, 0.3) is 0 Å². The molecule has 2 amide bonds. The summed E-state index contributed by atoms with van der Waals surface area (Å²) in [7, 11) is 0. The van der Waals surface area contributed by atoms with Crippen LogP contribution in [0.5, 0.6) is 0 Å². The summed E-state index contributed by atoms with van der Waals surface area (Å²) in [6.07, 6.45) is 3.36. The highest BCUT2D eigenvalue weighted by Crippen LogP contribution is 2.31. The number of morpholine rings is 1. The first-order valence-corrected chi connectivity index (χ1v) is 11.2. The molecule has 32 heavy (non-hydrogen) atoms. The minimum Gasteiger partial charge on any atom is -0.467 e. The highest BCUT2D eigenvalue weighted by molar-refractivity contribution is 5.87. The van der Waals surface area contributed by atoms with Gasteiger partial charge < -0.3 is 19.0 Å². The molecule has 172 valence electrons. The van der Waals surface area contributed by atoms with Crippen molar-refractivity contribution in [2.24, 2.45) is 5.92 Å². The van der Waals surface area contributed by atoms with E-state index in [-0.39, 0.29) is 36.6 Å². The lowest BCUT2D eigenvalue weighted by molar-refractivity contribution is -0.142. The van der Waals surface area contributed by atoms with Gasteiger partial charge in [-0.3, -0.25) is 14.5 Å². The molecule has 0 bridgehead atoms. The Morgan fingerprint density at radius 3 is 2.44 bits per heavy atom. The van der Waals surface area contributed by atoms with Crippen molar-refractivity contribution in [3.05, 3.63) is 59.8 Å². The Bertz CT molecular complexity index is 877. The van der Waals surface area contributed by atoms with Crippen LogP contribution in [0.15, 0.2) is 47.1 Å². The SMILES string of the molecule is O=C(CN(CCN1CCOCC1)C(=O)C1CC1)N(Cc1ccc(F)cc1)Cc1ccco1. The van der Waals surface area contributed by atoms with E-state index in [1.54, 1.807) is 34.3 Å². The first-order valence-electron chi connectivity index (χ1n) is 11.2. The number of halogens is 1. The number of hydrogen-bond donors (Lipinski definition) is 0. The molecule has 0 atom stereocenters. The molecule has 0 unspecified atom stereocenters. The largest absolute Gasteiger partial charge is 0.467 e. The number of ether oxygens (including phenoxy) is 1. The summed E-state index contributed by atoms with van der Waals surface area (Å²) in [5.74, 6) is 0.298. The van der Waals surface area contributed by atoms with Gasteiger partial charge in [-0.2, -0.15) is 0 Å². The molecular formula is C24H30FN3O4. The van der Waals surface area contributed by atoms with Gasteiger partial charge in [0, 0.05) is 38.6 Å². The molecule has 0 spiro atoms. The number of carbonyl (C=O) groups excluding carboxylic acids is 2. The standard InChI is InChI=1S/C24H30FN3O4/c25-21-7-3-19(4-8-21)16-28(17-22-2-1-13-32-22)23(29)18-27(24(30)20-5-6-20)10-9-26-11-14-31-15-12-26/h1-4,7-8,13,20H,5-6,9-12,14-18H2. The van der Waals surface area contributed by atoms with E-state index >= 15 is 0 Å². The summed E-state index contributed by atoms with van der Waals surface area (Å²) in [5.41, 5.74) is 0.819. The van der Waals surface area contributed by atoms with Crippen molar-refractivity contribution in [1.82, 2.24) is 14.7 Å². The summed E-state index contributed by atoms with van der Waals surface area (Å²) in [5, 5.41) is 0. The van der Waals surface area contributed by atoms with Crippen molar-refractivity contribution in [2.45, 2.75) is 25.9 Å². The third-order valence-electron chi connectivity index (χ3n) is 5.92. The van der Waals surface area contributed by atoms with E-state index in [4.69, 9.17) is 9.15 Å². The summed E-state index contributed by atoms with van der Waals surface area (Å²) in [4.78, 5) is 31.9. The lowest BCUT2D eigenvalue weighted by Crippen LogP contribution is -2.47. The maximum atomic E-state index is 13.3. The fourth-order valence-electron chi connectivity index (χ4n) is 3.84. The Kier molecular flexibility index (Phi) is 7.55. The first kappa shape index (κ1) is 22.5. The molecule has 1 aliphatic carbocycles. The van der Waals surface area contributed by atoms with E-state index < -0.39 is 0 Å². The van der Waals surface area contributed by atoms with Gasteiger partial charge in [0.1, 0.15) is 11.6 Å². The summed E-state index contributed by atoms with van der Waals surface area (Å²) >= 11 is 0. The third kappa shape index (κ3) is 6.40. The number of nitrogens with zero attached hydrogens (tertiary/aromatic N) is 3. The zero-order valence-electron chi connectivity index (χ0n) is 18.2. The smallest absolute Gasteiger partial charge is 0.242 e. The average Bonchev–Trinajstić information content (AvgIpc) is 3.54. The topological polar surface area (TPSA) is 66.2 Å². The van der Waals surface area contributed by atoms with Crippen LogP contribution in [0.25, 0.3) is 0 Å². The number of rotatable bonds is 10. The van der Waals surface area contributed by atoms with Crippen molar-refractivity contribution in [3.8, 4) is 0 Å². The Morgan fingerprint density at radius 2 is 1.78 bits per heavy atom. The molecule has 7 nitrogen and oxygen atoms in total. The molecule has 2 aliphatic rings. The second-order valence-electron chi connectivity index (χ2n) is 8.44. The van der Waals surface area contributed by atoms with Crippen LogP contribution in [0.2, 0.25) is 0 Å². The van der Waals surface area contributed by atoms with E-state index in [0.29, 0.717) is 32.1 Å². The fourth-order valence-corrected chi connectivity index (χ4v) is 3.84. The monoisotopic (exact) mass is 443 g/mol. The van der Waals surface area contributed by atoms with Gasteiger partial charge in [0.15, 0.2) is 0 Å². The molecule has 1 saturated heterocycles. The Balaban J connectivity index is 1.43. The molecule has 1 saturated carbocycles. The Hall–Kier alpha value is -2.71. The van der Waals surface area contributed by atoms with Crippen LogP contribution >= 0.6 is 0 Å². The van der Waals surface area contributed by atoms with E-state index in [1.807, 2.05) is 6.07 Å². The molecule has 0 radical (unpaired) electrons. The maximum absolute atomic E-state index is 13.3. The number of benzene rings is 1. The molecule has 4 rings (SSSR count). The highest BCUT2D eigenvalue weighted by Gasteiger charge is 2.35. The molecule has 2 heterocycles. The van der Waals surface area contributed by atoms with Crippen LogP contribution in [0.1, 0.15) is 24.2 Å². The van der Waals surface area contributed by atoms with Crippen molar-refractivity contribution in [2.75, 3.05) is 45.9 Å². The van der Waals surface area contributed by atoms with E-state index in [0.717, 1.165) is 38.0 Å². The number of hydrogen-bond acceptors (Lipinski definition) is 5. The van der Waals surface area contributed by atoms with Gasteiger partial charge in [-0.1, -0.05) is 12.1 Å². The number of amides is 2. The van der Waals surface area contributed by atoms with Gasteiger partial charge in [0.2, 0.25) is 11.8 Å². The van der Waals surface area contributed by atoms with Crippen molar-refractivity contribution in [1.29, 1.82) is 0 Å². The van der Waals surface area contributed by atoms with Crippen molar-refractivity contribution < 1.29 is 23.1 Å². The Morgan fingerprint density at radius 1 is 1.03 bits per heavy atom. The van der Waals surface area contributed by atoms with E-state index in [2.05, 4.69) is 4.90 Å². The molecule has 1 aliphatic heterocycles. The molecule has 2 aromatic rings. The Labute approximate surface area is 187 Å². The van der Waals surface area contributed by atoms with Crippen molar-refractivity contribution >= 4 is 11.8 Å². The molecule has 1 aromatic carbocycles. The van der Waals surface area contributed by atoms with E-state index in [9.17, 15) is 14.0 Å². The maximum Gasteiger partial charge on any atom is 0.242 e. The van der Waals surface area contributed by atoms with Gasteiger partial charge in [-0.25, -0.2) is 4.39 Å². The predicted molar refractivity (Wildman–Crippen MR) is 116 cm³/mol. The van der Waals surface area contributed by atoms with Crippen LogP contribution in [-0.2, 0) is 27.4 Å². The molecule has 1 aromatic heterocycles. The minimum atomic E-state index is -0.318. The number of furan rings is 1. The summed E-state index contributed by atoms with van der Waals surface area (Å²) in [6, 6.07) is 9.70. The van der Waals surface area contributed by atoms with Crippen LogP contribution in [-0.4, -0.2) is 72.5 Å². The van der Waals surface area contributed by atoms with Gasteiger partial charge in [-0.15, -0.1) is 0 Å². The second-order valence-corrected chi connectivity index (χ2v) is 8.44. The second kappa shape index (κ2) is 10.7. The predicted octanol–water partition coefficient (Wildman–Crippen LogP) is 2.52. The van der Waals surface area contributed by atoms with Gasteiger partial charge in [0.05, 0.1) is 32.6 Å². The zero-order valence-corrected chi connectivity index (χ0v) is 18.2. The lowest BCUT2D eigenvalue weighted by Gasteiger charge is -2.31.